The zero-order valence-electron chi connectivity index (χ0n) is 9.16. The highest BCUT2D eigenvalue weighted by atomic mass is 35.5. The third-order valence-corrected chi connectivity index (χ3v) is 4.20. The fourth-order valence-corrected chi connectivity index (χ4v) is 3.22. The predicted octanol–water partition coefficient (Wildman–Crippen LogP) is 2.53. The molecule has 0 radical (unpaired) electrons. The maximum atomic E-state index is 6.46. The lowest BCUT2D eigenvalue weighted by Crippen LogP contribution is -2.50. The zero-order chi connectivity index (χ0) is 11.2. The molecule has 3 heteroatoms. The van der Waals surface area contributed by atoms with Crippen molar-refractivity contribution >= 4 is 11.6 Å². The Hall–Kier alpha value is -0.570. The van der Waals surface area contributed by atoms with Gasteiger partial charge in [0.1, 0.15) is 0 Å². The summed E-state index contributed by atoms with van der Waals surface area (Å²) in [4.78, 5) is 0. The Labute approximate surface area is 101 Å². The monoisotopic (exact) mass is 237 g/mol. The van der Waals surface area contributed by atoms with Crippen LogP contribution in [0.1, 0.15) is 24.8 Å². The number of ether oxygens (including phenoxy) is 1. The summed E-state index contributed by atoms with van der Waals surface area (Å²) in [5.41, 5.74) is 7.40. The maximum Gasteiger partial charge on any atom is 0.0763 e. The molecule has 2 heterocycles. The molecule has 2 bridgehead atoms. The van der Waals surface area contributed by atoms with E-state index in [0.717, 1.165) is 29.8 Å². The number of fused-ring (bicyclic) bond motifs is 2. The van der Waals surface area contributed by atoms with E-state index in [4.69, 9.17) is 22.1 Å². The van der Waals surface area contributed by atoms with E-state index in [9.17, 15) is 0 Å². The lowest BCUT2D eigenvalue weighted by molar-refractivity contribution is 0.0856. The average Bonchev–Trinajstić information content (AvgIpc) is 2.81. The first-order valence-electron chi connectivity index (χ1n) is 5.85. The van der Waals surface area contributed by atoms with Gasteiger partial charge in [-0.3, -0.25) is 0 Å². The molecule has 3 unspecified atom stereocenters. The minimum Gasteiger partial charge on any atom is -0.373 e. The zero-order valence-corrected chi connectivity index (χ0v) is 9.91. The van der Waals surface area contributed by atoms with Crippen LogP contribution in [0.2, 0.25) is 5.02 Å². The van der Waals surface area contributed by atoms with Gasteiger partial charge in [0, 0.05) is 10.6 Å². The lowest BCUT2D eigenvalue weighted by Gasteiger charge is -2.31. The van der Waals surface area contributed by atoms with Crippen molar-refractivity contribution in [2.75, 3.05) is 0 Å². The Morgan fingerprint density at radius 2 is 2.19 bits per heavy atom. The van der Waals surface area contributed by atoms with E-state index in [0.29, 0.717) is 6.10 Å². The molecule has 0 amide bonds. The second-order valence-corrected chi connectivity index (χ2v) is 5.44. The van der Waals surface area contributed by atoms with Crippen molar-refractivity contribution in [2.24, 2.45) is 5.73 Å². The van der Waals surface area contributed by atoms with E-state index >= 15 is 0 Å². The number of hydrogen-bond acceptors (Lipinski definition) is 2. The van der Waals surface area contributed by atoms with Gasteiger partial charge in [0.05, 0.1) is 12.2 Å². The molecule has 2 nitrogen and oxygen atoms in total. The number of rotatable bonds is 2. The van der Waals surface area contributed by atoms with Gasteiger partial charge < -0.3 is 10.5 Å². The average molecular weight is 238 g/mol. The molecule has 1 aromatic carbocycles. The van der Waals surface area contributed by atoms with Gasteiger partial charge in [-0.15, -0.1) is 0 Å². The van der Waals surface area contributed by atoms with E-state index in [1.54, 1.807) is 0 Å². The van der Waals surface area contributed by atoms with E-state index in [2.05, 4.69) is 6.07 Å². The minimum absolute atomic E-state index is 0.200. The van der Waals surface area contributed by atoms with Gasteiger partial charge in [-0.1, -0.05) is 29.8 Å². The highest BCUT2D eigenvalue weighted by molar-refractivity contribution is 6.31. The van der Waals surface area contributed by atoms with Gasteiger partial charge in [-0.2, -0.15) is 0 Å². The van der Waals surface area contributed by atoms with Crippen molar-refractivity contribution < 1.29 is 4.74 Å². The van der Waals surface area contributed by atoms with Crippen LogP contribution < -0.4 is 5.73 Å². The summed E-state index contributed by atoms with van der Waals surface area (Å²) in [6, 6.07) is 7.95. The van der Waals surface area contributed by atoms with Crippen molar-refractivity contribution in [1.29, 1.82) is 0 Å². The molecule has 16 heavy (non-hydrogen) atoms. The fourth-order valence-electron chi connectivity index (χ4n) is 3.02. The van der Waals surface area contributed by atoms with Crippen molar-refractivity contribution in [3.05, 3.63) is 34.9 Å². The van der Waals surface area contributed by atoms with Crippen molar-refractivity contribution in [3.63, 3.8) is 0 Å². The van der Waals surface area contributed by atoms with Crippen molar-refractivity contribution in [1.82, 2.24) is 0 Å². The molecule has 2 aliphatic rings. The van der Waals surface area contributed by atoms with Gasteiger partial charge >= 0.3 is 0 Å². The summed E-state index contributed by atoms with van der Waals surface area (Å²) < 4.78 is 5.83. The Morgan fingerprint density at radius 1 is 1.38 bits per heavy atom. The van der Waals surface area contributed by atoms with Gasteiger partial charge in [0.25, 0.3) is 0 Å². The second-order valence-electron chi connectivity index (χ2n) is 5.03. The van der Waals surface area contributed by atoms with Gasteiger partial charge in [0.2, 0.25) is 0 Å². The van der Waals surface area contributed by atoms with Crippen LogP contribution in [0.3, 0.4) is 0 Å². The third-order valence-electron chi connectivity index (χ3n) is 3.83. The number of benzene rings is 1. The van der Waals surface area contributed by atoms with Gasteiger partial charge in [-0.05, 0) is 37.3 Å². The van der Waals surface area contributed by atoms with Gasteiger partial charge in [0.15, 0.2) is 0 Å². The first-order valence-corrected chi connectivity index (χ1v) is 6.23. The Balaban J connectivity index is 1.82. The van der Waals surface area contributed by atoms with Crippen LogP contribution in [0.15, 0.2) is 24.3 Å². The van der Waals surface area contributed by atoms with Crippen molar-refractivity contribution in [2.45, 2.75) is 43.4 Å². The van der Waals surface area contributed by atoms with Gasteiger partial charge in [-0.25, -0.2) is 0 Å². The molecular weight excluding hydrogens is 222 g/mol. The SMILES string of the molecule is NC1(Cc2ccccc2Cl)CC2CCC1O2. The molecule has 3 rings (SSSR count). The highest BCUT2D eigenvalue weighted by Gasteiger charge is 2.49. The van der Waals surface area contributed by atoms with Crippen LogP contribution in [0.5, 0.6) is 0 Å². The molecule has 2 fully saturated rings. The molecule has 0 aliphatic carbocycles. The van der Waals surface area contributed by atoms with Crippen LogP contribution in [-0.4, -0.2) is 17.7 Å². The summed E-state index contributed by atoms with van der Waals surface area (Å²) in [5.74, 6) is 0. The molecule has 2 aliphatic heterocycles. The first-order chi connectivity index (χ1) is 7.67. The quantitative estimate of drug-likeness (QED) is 0.858. The fraction of sp³-hybridized carbons (Fsp3) is 0.538. The minimum atomic E-state index is -0.200. The predicted molar refractivity (Wildman–Crippen MR) is 64.6 cm³/mol. The lowest BCUT2D eigenvalue weighted by atomic mass is 9.78. The first kappa shape index (κ1) is 10.6. The smallest absolute Gasteiger partial charge is 0.0763 e. The summed E-state index contributed by atoms with van der Waals surface area (Å²) in [6.45, 7) is 0. The molecular formula is C13H16ClNO. The van der Waals surface area contributed by atoms with Crippen LogP contribution in [0, 0.1) is 0 Å². The standard InChI is InChI=1S/C13H16ClNO/c14-11-4-2-1-3-9(11)7-13(15)8-10-5-6-12(13)16-10/h1-4,10,12H,5-8,15H2. The number of hydrogen-bond donors (Lipinski definition) is 1. The molecule has 2 saturated heterocycles. The molecule has 86 valence electrons. The maximum absolute atomic E-state index is 6.46. The molecule has 1 aromatic rings. The van der Waals surface area contributed by atoms with Crippen LogP contribution in [-0.2, 0) is 11.2 Å². The number of halogens is 1. The summed E-state index contributed by atoms with van der Waals surface area (Å²) in [6.07, 6.45) is 4.69. The van der Waals surface area contributed by atoms with E-state index in [1.807, 2.05) is 18.2 Å². The summed E-state index contributed by atoms with van der Waals surface area (Å²) >= 11 is 6.17. The largest absolute Gasteiger partial charge is 0.373 e. The van der Waals surface area contributed by atoms with Crippen molar-refractivity contribution in [3.8, 4) is 0 Å². The highest BCUT2D eigenvalue weighted by Crippen LogP contribution is 2.42. The Bertz CT molecular complexity index is 409. The normalized spacial score (nSPS) is 36.9. The van der Waals surface area contributed by atoms with E-state index < -0.39 is 0 Å². The van der Waals surface area contributed by atoms with E-state index in [-0.39, 0.29) is 11.6 Å². The van der Waals surface area contributed by atoms with Crippen LogP contribution in [0.25, 0.3) is 0 Å². The topological polar surface area (TPSA) is 35.2 Å². The summed E-state index contributed by atoms with van der Waals surface area (Å²) in [7, 11) is 0. The van der Waals surface area contributed by atoms with Crippen LogP contribution >= 0.6 is 11.6 Å². The molecule has 2 N–H and O–H groups in total. The molecule has 0 aromatic heterocycles. The molecule has 0 saturated carbocycles. The third kappa shape index (κ3) is 1.65. The second kappa shape index (κ2) is 3.73. The Morgan fingerprint density at radius 3 is 2.81 bits per heavy atom. The van der Waals surface area contributed by atoms with E-state index in [1.165, 1.54) is 6.42 Å². The summed E-state index contributed by atoms with van der Waals surface area (Å²) in [5, 5.41) is 0.815. The Kier molecular flexibility index (Phi) is 2.46. The molecule has 0 spiro atoms. The van der Waals surface area contributed by atoms with Crippen LogP contribution in [0.4, 0.5) is 0 Å². The molecule has 3 atom stereocenters. The number of nitrogens with two attached hydrogens (primary N) is 1.